The maximum Gasteiger partial charge on any atom is 0.141 e. The Morgan fingerprint density at radius 2 is 1.77 bits per heavy atom. The predicted molar refractivity (Wildman–Crippen MR) is 127 cm³/mol. The van der Waals surface area contributed by atoms with Crippen LogP contribution in [0, 0.1) is 0 Å². The van der Waals surface area contributed by atoms with Crippen LogP contribution >= 0.6 is 11.8 Å². The number of hydrogen-bond acceptors (Lipinski definition) is 2. The van der Waals surface area contributed by atoms with Gasteiger partial charge in [0.1, 0.15) is 5.82 Å². The molecule has 0 bridgehead atoms. The van der Waals surface area contributed by atoms with Gasteiger partial charge in [-0.2, -0.15) is 0 Å². The second-order valence-electron chi connectivity index (χ2n) is 7.86. The highest BCUT2D eigenvalue weighted by molar-refractivity contribution is 8.00. The Balaban J connectivity index is 1.43. The van der Waals surface area contributed by atoms with Crippen molar-refractivity contribution < 1.29 is 0 Å². The maximum absolute atomic E-state index is 4.96. The Hall–Kier alpha value is -3.04. The van der Waals surface area contributed by atoms with Gasteiger partial charge in [0.2, 0.25) is 0 Å². The van der Waals surface area contributed by atoms with Crippen LogP contribution in [0.4, 0.5) is 0 Å². The van der Waals surface area contributed by atoms with Crippen molar-refractivity contribution in [3.8, 4) is 11.4 Å². The number of rotatable bonds is 3. The van der Waals surface area contributed by atoms with E-state index in [1.807, 2.05) is 11.8 Å². The SMILES string of the molecule is CCn1c(-c2cccc(C3=CC=CC4c5ccccc5SC34)c2)nc2ccccc21. The lowest BCUT2D eigenvalue weighted by Gasteiger charge is -2.23. The molecule has 0 spiro atoms. The molecule has 0 saturated carbocycles. The number of imidazole rings is 1. The Morgan fingerprint density at radius 1 is 0.933 bits per heavy atom. The van der Waals surface area contributed by atoms with E-state index in [4.69, 9.17) is 4.98 Å². The molecular formula is C27H22N2S. The van der Waals surface area contributed by atoms with E-state index < -0.39 is 0 Å². The minimum Gasteiger partial charge on any atom is -0.324 e. The average molecular weight is 407 g/mol. The van der Waals surface area contributed by atoms with Crippen LogP contribution in [0.2, 0.25) is 0 Å². The van der Waals surface area contributed by atoms with E-state index in [9.17, 15) is 0 Å². The fraction of sp³-hybridized carbons (Fsp3) is 0.148. The van der Waals surface area contributed by atoms with Gasteiger partial charge in [0.15, 0.2) is 0 Å². The molecule has 0 radical (unpaired) electrons. The van der Waals surface area contributed by atoms with Crippen LogP contribution in [0.25, 0.3) is 28.0 Å². The second kappa shape index (κ2) is 7.03. The highest BCUT2D eigenvalue weighted by Gasteiger charge is 2.35. The Morgan fingerprint density at radius 3 is 2.70 bits per heavy atom. The Bertz CT molecular complexity index is 1330. The number of benzene rings is 3. The van der Waals surface area contributed by atoms with Gasteiger partial charge in [0.25, 0.3) is 0 Å². The van der Waals surface area contributed by atoms with Crippen molar-refractivity contribution in [1.82, 2.24) is 9.55 Å². The zero-order valence-electron chi connectivity index (χ0n) is 16.8. The summed E-state index contributed by atoms with van der Waals surface area (Å²) in [7, 11) is 0. The van der Waals surface area contributed by atoms with Gasteiger partial charge in [-0.05, 0) is 47.9 Å². The molecule has 4 aromatic rings. The van der Waals surface area contributed by atoms with Crippen molar-refractivity contribution in [2.45, 2.75) is 29.5 Å². The van der Waals surface area contributed by atoms with Crippen molar-refractivity contribution in [2.75, 3.05) is 0 Å². The molecule has 0 saturated heterocycles. The summed E-state index contributed by atoms with van der Waals surface area (Å²) in [5.41, 5.74) is 7.59. The third kappa shape index (κ3) is 2.69. The number of allylic oxidation sites excluding steroid dienone is 3. The smallest absolute Gasteiger partial charge is 0.141 e. The molecule has 0 N–H and O–H groups in total. The molecule has 0 fully saturated rings. The lowest BCUT2D eigenvalue weighted by atomic mass is 9.85. The molecule has 3 aromatic carbocycles. The summed E-state index contributed by atoms with van der Waals surface area (Å²) >= 11 is 2.00. The minimum absolute atomic E-state index is 0.438. The third-order valence-corrected chi connectivity index (χ3v) is 7.61. The molecule has 2 unspecified atom stereocenters. The standard InChI is InChI=1S/C27H22N2S/c1-2-29-24-15-5-4-14-23(24)28-27(29)19-10-7-9-18(17-19)20-12-8-13-22-21-11-3-6-16-25(21)30-26(20)22/h3-17,22,26H,2H2,1H3. The van der Waals surface area contributed by atoms with Crippen LogP contribution in [0.5, 0.6) is 0 Å². The Labute approximate surface area is 181 Å². The zero-order chi connectivity index (χ0) is 20.1. The van der Waals surface area contributed by atoms with Crippen molar-refractivity contribution >= 4 is 28.4 Å². The first-order valence-corrected chi connectivity index (χ1v) is 11.4. The van der Waals surface area contributed by atoms with E-state index in [0.717, 1.165) is 17.9 Å². The van der Waals surface area contributed by atoms with Crippen LogP contribution in [-0.4, -0.2) is 14.8 Å². The molecule has 1 aliphatic heterocycles. The molecule has 2 heterocycles. The van der Waals surface area contributed by atoms with Crippen LogP contribution in [-0.2, 0) is 6.54 Å². The molecule has 1 aliphatic carbocycles. The molecule has 6 rings (SSSR count). The van der Waals surface area contributed by atoms with Crippen LogP contribution < -0.4 is 0 Å². The molecule has 30 heavy (non-hydrogen) atoms. The van der Waals surface area contributed by atoms with E-state index in [1.165, 1.54) is 32.7 Å². The van der Waals surface area contributed by atoms with Gasteiger partial charge in [-0.3, -0.25) is 0 Å². The summed E-state index contributed by atoms with van der Waals surface area (Å²) in [6.45, 7) is 3.09. The van der Waals surface area contributed by atoms with E-state index in [-0.39, 0.29) is 0 Å². The van der Waals surface area contributed by atoms with Gasteiger partial charge in [0, 0.05) is 28.2 Å². The summed E-state index contributed by atoms with van der Waals surface area (Å²) in [6, 6.07) is 26.2. The highest BCUT2D eigenvalue weighted by atomic mass is 32.2. The van der Waals surface area contributed by atoms with Crippen molar-refractivity contribution in [2.24, 2.45) is 0 Å². The summed E-state index contributed by atoms with van der Waals surface area (Å²) in [6.07, 6.45) is 6.88. The van der Waals surface area contributed by atoms with Gasteiger partial charge in [-0.15, -0.1) is 11.8 Å². The third-order valence-electron chi connectivity index (χ3n) is 6.18. The summed E-state index contributed by atoms with van der Waals surface area (Å²) in [4.78, 5) is 6.37. The van der Waals surface area contributed by atoms with Gasteiger partial charge in [-0.25, -0.2) is 4.98 Å². The largest absolute Gasteiger partial charge is 0.324 e. The number of nitrogens with zero attached hydrogens (tertiary/aromatic N) is 2. The minimum atomic E-state index is 0.438. The molecular weight excluding hydrogens is 384 g/mol. The molecule has 2 atom stereocenters. The van der Waals surface area contributed by atoms with Crippen LogP contribution in [0.15, 0.2) is 95.9 Å². The number of aryl methyl sites for hydroxylation is 1. The number of hydrogen-bond donors (Lipinski definition) is 0. The Kier molecular flexibility index (Phi) is 4.17. The van der Waals surface area contributed by atoms with Crippen LogP contribution in [0.1, 0.15) is 24.0 Å². The predicted octanol–water partition coefficient (Wildman–Crippen LogP) is 6.93. The first kappa shape index (κ1) is 17.8. The zero-order valence-corrected chi connectivity index (χ0v) is 17.6. The first-order chi connectivity index (χ1) is 14.8. The first-order valence-electron chi connectivity index (χ1n) is 10.5. The summed E-state index contributed by atoms with van der Waals surface area (Å²) in [5.74, 6) is 1.50. The quantitative estimate of drug-likeness (QED) is 0.367. The van der Waals surface area contributed by atoms with Crippen LogP contribution in [0.3, 0.4) is 0 Å². The number of fused-ring (bicyclic) bond motifs is 4. The topological polar surface area (TPSA) is 17.8 Å². The molecule has 0 amide bonds. The van der Waals surface area contributed by atoms with Crippen molar-refractivity contribution in [3.05, 3.63) is 102 Å². The summed E-state index contributed by atoms with van der Waals surface area (Å²) < 4.78 is 2.31. The molecule has 146 valence electrons. The molecule has 2 aliphatic rings. The van der Waals surface area contributed by atoms with E-state index in [1.54, 1.807) is 0 Å². The fourth-order valence-corrected chi connectivity index (χ4v) is 6.28. The highest BCUT2D eigenvalue weighted by Crippen LogP contribution is 2.52. The van der Waals surface area contributed by atoms with E-state index >= 15 is 0 Å². The van der Waals surface area contributed by atoms with Gasteiger partial charge >= 0.3 is 0 Å². The number of thioether (sulfide) groups is 1. The second-order valence-corrected chi connectivity index (χ2v) is 9.04. The molecule has 2 nitrogen and oxygen atoms in total. The summed E-state index contributed by atoms with van der Waals surface area (Å²) in [5, 5.41) is 0.438. The van der Waals surface area contributed by atoms with E-state index in [0.29, 0.717) is 11.2 Å². The van der Waals surface area contributed by atoms with Crippen molar-refractivity contribution in [1.29, 1.82) is 0 Å². The van der Waals surface area contributed by atoms with Gasteiger partial charge in [0.05, 0.1) is 11.0 Å². The fourth-order valence-electron chi connectivity index (χ4n) is 4.79. The van der Waals surface area contributed by atoms with Crippen molar-refractivity contribution in [3.63, 3.8) is 0 Å². The maximum atomic E-state index is 4.96. The van der Waals surface area contributed by atoms with E-state index in [2.05, 4.69) is 103 Å². The van der Waals surface area contributed by atoms with Gasteiger partial charge < -0.3 is 4.57 Å². The average Bonchev–Trinajstić information content (AvgIpc) is 3.37. The lowest BCUT2D eigenvalue weighted by Crippen LogP contribution is -2.13. The normalized spacial score (nSPS) is 19.6. The molecule has 1 aromatic heterocycles. The monoisotopic (exact) mass is 406 g/mol. The number of aromatic nitrogens is 2. The van der Waals surface area contributed by atoms with Gasteiger partial charge in [-0.1, -0.05) is 66.8 Å². The number of para-hydroxylation sites is 2. The lowest BCUT2D eigenvalue weighted by molar-refractivity contribution is 0.796. The molecule has 3 heteroatoms.